The minimum Gasteiger partial charge on any atom is -0.481 e. The van der Waals surface area contributed by atoms with Gasteiger partial charge in [0.15, 0.2) is 0 Å². The molecular weight excluding hydrogens is 306 g/mol. The number of hydrogen-bond acceptors (Lipinski definition) is 3. The summed E-state index contributed by atoms with van der Waals surface area (Å²) in [5.41, 5.74) is 1.21. The first kappa shape index (κ1) is 18.3. The van der Waals surface area contributed by atoms with E-state index in [2.05, 4.69) is 0 Å². The topological polar surface area (TPSA) is 66.8 Å². The smallest absolute Gasteiger partial charge is 0.410 e. The second-order valence-electron chi connectivity index (χ2n) is 7.46. The molecule has 0 bridgehead atoms. The van der Waals surface area contributed by atoms with Crippen molar-refractivity contribution in [2.75, 3.05) is 6.54 Å². The maximum atomic E-state index is 12.5. The van der Waals surface area contributed by atoms with Gasteiger partial charge in [-0.15, -0.1) is 0 Å². The second kappa shape index (κ2) is 7.24. The van der Waals surface area contributed by atoms with Crippen molar-refractivity contribution >= 4 is 12.1 Å². The molecule has 132 valence electrons. The zero-order chi connectivity index (χ0) is 17.9. The Morgan fingerprint density at radius 2 is 1.83 bits per heavy atom. The Kier molecular flexibility index (Phi) is 5.52. The van der Waals surface area contributed by atoms with Gasteiger partial charge < -0.3 is 14.7 Å². The average Bonchev–Trinajstić information content (AvgIpc) is 2.48. The summed E-state index contributed by atoms with van der Waals surface area (Å²) in [7, 11) is 0. The van der Waals surface area contributed by atoms with E-state index in [0.29, 0.717) is 13.0 Å². The lowest BCUT2D eigenvalue weighted by Gasteiger charge is -2.39. The van der Waals surface area contributed by atoms with Crippen molar-refractivity contribution in [1.82, 2.24) is 4.90 Å². The molecule has 2 unspecified atom stereocenters. The molecule has 0 saturated carbocycles. The zero-order valence-corrected chi connectivity index (χ0v) is 14.9. The van der Waals surface area contributed by atoms with Gasteiger partial charge in [0.25, 0.3) is 0 Å². The molecule has 0 aliphatic carbocycles. The predicted octanol–water partition coefficient (Wildman–Crippen LogP) is 3.95. The van der Waals surface area contributed by atoms with Gasteiger partial charge >= 0.3 is 12.1 Å². The van der Waals surface area contributed by atoms with E-state index < -0.39 is 23.6 Å². The number of hydrogen-bond donors (Lipinski definition) is 1. The SMILES string of the molecule is Cc1ccc(C(C(=O)O)C2CCCCN2C(=O)OC(C)(C)C)cc1. The van der Waals surface area contributed by atoms with E-state index in [9.17, 15) is 14.7 Å². The van der Waals surface area contributed by atoms with Crippen LogP contribution in [0.15, 0.2) is 24.3 Å². The first-order chi connectivity index (χ1) is 11.2. The number of aryl methyl sites for hydroxylation is 1. The number of carbonyl (C=O) groups excluding carboxylic acids is 1. The summed E-state index contributed by atoms with van der Waals surface area (Å²) >= 11 is 0. The Morgan fingerprint density at radius 1 is 1.21 bits per heavy atom. The molecule has 2 atom stereocenters. The Bertz CT molecular complexity index is 588. The second-order valence-corrected chi connectivity index (χ2v) is 7.46. The number of nitrogens with zero attached hydrogens (tertiary/aromatic N) is 1. The van der Waals surface area contributed by atoms with Crippen LogP contribution in [0.4, 0.5) is 4.79 Å². The quantitative estimate of drug-likeness (QED) is 0.909. The zero-order valence-electron chi connectivity index (χ0n) is 14.9. The number of ether oxygens (including phenoxy) is 1. The number of amides is 1. The van der Waals surface area contributed by atoms with Gasteiger partial charge in [-0.3, -0.25) is 4.79 Å². The fourth-order valence-electron chi connectivity index (χ4n) is 3.15. The molecule has 1 aliphatic heterocycles. The summed E-state index contributed by atoms with van der Waals surface area (Å²) in [6, 6.07) is 7.12. The van der Waals surface area contributed by atoms with E-state index in [0.717, 1.165) is 24.0 Å². The van der Waals surface area contributed by atoms with Crippen molar-refractivity contribution in [3.05, 3.63) is 35.4 Å². The van der Waals surface area contributed by atoms with Crippen molar-refractivity contribution in [3.8, 4) is 0 Å². The number of benzene rings is 1. The molecule has 1 aromatic rings. The molecule has 24 heavy (non-hydrogen) atoms. The van der Waals surface area contributed by atoms with E-state index in [4.69, 9.17) is 4.74 Å². The number of rotatable bonds is 3. The molecular formula is C19H27NO4. The Morgan fingerprint density at radius 3 is 2.38 bits per heavy atom. The lowest BCUT2D eigenvalue weighted by molar-refractivity contribution is -0.140. The van der Waals surface area contributed by atoms with Gasteiger partial charge in [0, 0.05) is 6.54 Å². The largest absolute Gasteiger partial charge is 0.481 e. The van der Waals surface area contributed by atoms with E-state index in [1.54, 1.807) is 4.90 Å². The van der Waals surface area contributed by atoms with Crippen molar-refractivity contribution < 1.29 is 19.4 Å². The molecule has 1 saturated heterocycles. The molecule has 1 aliphatic rings. The molecule has 1 aromatic carbocycles. The van der Waals surface area contributed by atoms with Gasteiger partial charge in [0.2, 0.25) is 0 Å². The molecule has 1 fully saturated rings. The molecule has 0 radical (unpaired) electrons. The highest BCUT2D eigenvalue weighted by Crippen LogP contribution is 2.32. The van der Waals surface area contributed by atoms with Gasteiger partial charge in [0.05, 0.1) is 6.04 Å². The number of carboxylic acid groups (broad SMARTS) is 1. The highest BCUT2D eigenvalue weighted by Gasteiger charge is 2.39. The number of carbonyl (C=O) groups is 2. The van der Waals surface area contributed by atoms with Crippen LogP contribution >= 0.6 is 0 Å². The van der Waals surface area contributed by atoms with Crippen LogP contribution in [0.25, 0.3) is 0 Å². The van der Waals surface area contributed by atoms with Crippen LogP contribution in [-0.4, -0.2) is 40.3 Å². The van der Waals surface area contributed by atoms with E-state index in [1.165, 1.54) is 0 Å². The lowest BCUT2D eigenvalue weighted by atomic mass is 9.85. The van der Waals surface area contributed by atoms with Crippen molar-refractivity contribution in [2.24, 2.45) is 0 Å². The maximum absolute atomic E-state index is 12.5. The molecule has 1 N–H and O–H groups in total. The van der Waals surface area contributed by atoms with Crippen LogP contribution in [0.1, 0.15) is 57.1 Å². The summed E-state index contributed by atoms with van der Waals surface area (Å²) < 4.78 is 5.49. The molecule has 0 spiro atoms. The minimum absolute atomic E-state index is 0.381. The Hall–Kier alpha value is -2.04. The molecule has 2 rings (SSSR count). The standard InChI is InChI=1S/C19H27NO4/c1-13-8-10-14(11-9-13)16(17(21)22)15-7-5-6-12-20(15)18(23)24-19(2,3)4/h8-11,15-16H,5-7,12H2,1-4H3,(H,21,22). The Labute approximate surface area is 143 Å². The fraction of sp³-hybridized carbons (Fsp3) is 0.579. The highest BCUT2D eigenvalue weighted by atomic mass is 16.6. The lowest BCUT2D eigenvalue weighted by Crippen LogP contribution is -2.50. The van der Waals surface area contributed by atoms with Crippen LogP contribution in [0.3, 0.4) is 0 Å². The van der Waals surface area contributed by atoms with Crippen molar-refractivity contribution in [3.63, 3.8) is 0 Å². The first-order valence-corrected chi connectivity index (χ1v) is 8.48. The summed E-state index contributed by atoms with van der Waals surface area (Å²) in [6.07, 6.45) is 2.03. The molecule has 0 aromatic heterocycles. The number of carboxylic acids is 1. The van der Waals surface area contributed by atoms with E-state index in [1.807, 2.05) is 52.0 Å². The highest BCUT2D eigenvalue weighted by molar-refractivity contribution is 5.79. The molecule has 1 heterocycles. The van der Waals surface area contributed by atoms with Gasteiger partial charge in [-0.1, -0.05) is 29.8 Å². The number of likely N-dealkylation sites (tertiary alicyclic amines) is 1. The third-order valence-electron chi connectivity index (χ3n) is 4.26. The average molecular weight is 333 g/mol. The molecule has 5 heteroatoms. The minimum atomic E-state index is -0.903. The van der Waals surface area contributed by atoms with Gasteiger partial charge in [-0.05, 0) is 52.5 Å². The van der Waals surface area contributed by atoms with Gasteiger partial charge in [-0.2, -0.15) is 0 Å². The summed E-state index contributed by atoms with van der Waals surface area (Å²) in [4.78, 5) is 26.1. The van der Waals surface area contributed by atoms with E-state index in [-0.39, 0.29) is 6.04 Å². The van der Waals surface area contributed by atoms with Crippen molar-refractivity contribution in [2.45, 2.75) is 64.5 Å². The third-order valence-corrected chi connectivity index (χ3v) is 4.26. The summed E-state index contributed by atoms with van der Waals surface area (Å²) in [5, 5.41) is 9.80. The normalized spacial score (nSPS) is 19.7. The third kappa shape index (κ3) is 4.49. The summed E-state index contributed by atoms with van der Waals surface area (Å²) in [5.74, 6) is -1.64. The maximum Gasteiger partial charge on any atom is 0.410 e. The van der Waals surface area contributed by atoms with Gasteiger partial charge in [-0.25, -0.2) is 4.79 Å². The van der Waals surface area contributed by atoms with Crippen LogP contribution in [0.5, 0.6) is 0 Å². The van der Waals surface area contributed by atoms with Crippen LogP contribution in [0, 0.1) is 6.92 Å². The van der Waals surface area contributed by atoms with Crippen LogP contribution in [-0.2, 0) is 9.53 Å². The van der Waals surface area contributed by atoms with Gasteiger partial charge in [0.1, 0.15) is 11.5 Å². The van der Waals surface area contributed by atoms with Crippen molar-refractivity contribution in [1.29, 1.82) is 0 Å². The van der Waals surface area contributed by atoms with Crippen LogP contribution in [0.2, 0.25) is 0 Å². The summed E-state index contributed by atoms with van der Waals surface area (Å²) in [6.45, 7) is 7.96. The molecule has 5 nitrogen and oxygen atoms in total. The molecule has 1 amide bonds. The number of piperidine rings is 1. The predicted molar refractivity (Wildman–Crippen MR) is 92.1 cm³/mol. The van der Waals surface area contributed by atoms with Crippen LogP contribution < -0.4 is 0 Å². The first-order valence-electron chi connectivity index (χ1n) is 8.48. The Balaban J connectivity index is 2.30. The fourth-order valence-corrected chi connectivity index (χ4v) is 3.15. The van der Waals surface area contributed by atoms with E-state index >= 15 is 0 Å². The monoisotopic (exact) mass is 333 g/mol. The number of aliphatic carboxylic acids is 1.